The van der Waals surface area contributed by atoms with Crippen LogP contribution in [0.25, 0.3) is 11.0 Å². The number of aromatic nitrogens is 2. The zero-order valence-electron chi connectivity index (χ0n) is 10.4. The van der Waals surface area contributed by atoms with Crippen molar-refractivity contribution in [1.29, 1.82) is 0 Å². The Bertz CT molecular complexity index is 638. The number of Topliss-reactive ketones (excluding diaryl/α,β-unsaturated/α-hetero) is 1. The summed E-state index contributed by atoms with van der Waals surface area (Å²) in [5.41, 5.74) is 1.85. The number of ketones is 1. The standard InChI is InChI=1S/C14H14BrClN2O/c15-10-5-12(16)14-13(6-10)18(8-17-14)7-9-2-1-3-11(19)4-9/h5-6,8-9H,1-4,7H2. The van der Waals surface area contributed by atoms with Crippen molar-refractivity contribution in [1.82, 2.24) is 9.55 Å². The molecule has 1 unspecified atom stereocenters. The van der Waals surface area contributed by atoms with Crippen LogP contribution in [0, 0.1) is 5.92 Å². The highest BCUT2D eigenvalue weighted by Gasteiger charge is 2.20. The van der Waals surface area contributed by atoms with Gasteiger partial charge in [0, 0.05) is 23.9 Å². The predicted octanol–water partition coefficient (Wildman–Crippen LogP) is 4.21. The maximum Gasteiger partial charge on any atom is 0.133 e. The summed E-state index contributed by atoms with van der Waals surface area (Å²) in [6, 6.07) is 3.88. The van der Waals surface area contributed by atoms with Crippen LogP contribution in [0.4, 0.5) is 0 Å². The Morgan fingerprint density at radius 1 is 1.47 bits per heavy atom. The van der Waals surface area contributed by atoms with E-state index in [9.17, 15) is 4.79 Å². The molecule has 1 heterocycles. The summed E-state index contributed by atoms with van der Waals surface area (Å²) in [5, 5.41) is 0.655. The molecule has 0 N–H and O–H groups in total. The highest BCUT2D eigenvalue weighted by atomic mass is 79.9. The minimum atomic E-state index is 0.389. The van der Waals surface area contributed by atoms with Crippen LogP contribution in [0.5, 0.6) is 0 Å². The first-order valence-corrected chi connectivity index (χ1v) is 7.62. The molecule has 1 aromatic heterocycles. The van der Waals surface area contributed by atoms with Crippen LogP contribution in [0.2, 0.25) is 5.02 Å². The third-order valence-corrected chi connectivity index (χ3v) is 4.43. The Labute approximate surface area is 125 Å². The molecule has 1 fully saturated rings. The third kappa shape index (κ3) is 2.70. The second-order valence-corrected chi connectivity index (χ2v) is 6.48. The molecule has 3 nitrogen and oxygen atoms in total. The summed E-state index contributed by atoms with van der Waals surface area (Å²) >= 11 is 9.64. The molecule has 1 saturated carbocycles. The number of rotatable bonds is 2. The maximum atomic E-state index is 11.5. The molecule has 0 amide bonds. The zero-order valence-corrected chi connectivity index (χ0v) is 12.7. The fourth-order valence-electron chi connectivity index (χ4n) is 2.78. The van der Waals surface area contributed by atoms with Crippen molar-refractivity contribution in [2.75, 3.05) is 0 Å². The Morgan fingerprint density at radius 3 is 3.11 bits per heavy atom. The molecule has 0 radical (unpaired) electrons. The lowest BCUT2D eigenvalue weighted by atomic mass is 9.88. The highest BCUT2D eigenvalue weighted by Crippen LogP contribution is 2.29. The minimum Gasteiger partial charge on any atom is -0.330 e. The van der Waals surface area contributed by atoms with Crippen LogP contribution in [0.3, 0.4) is 0 Å². The Hall–Kier alpha value is -0.870. The number of carbonyl (C=O) groups excluding carboxylic acids is 1. The average Bonchev–Trinajstić information content (AvgIpc) is 2.73. The molecule has 0 bridgehead atoms. The van der Waals surface area contributed by atoms with Crippen LogP contribution in [0.1, 0.15) is 25.7 Å². The van der Waals surface area contributed by atoms with E-state index in [0.29, 0.717) is 23.1 Å². The smallest absolute Gasteiger partial charge is 0.133 e. The maximum absolute atomic E-state index is 11.5. The van der Waals surface area contributed by atoms with Gasteiger partial charge in [-0.25, -0.2) is 4.98 Å². The van der Waals surface area contributed by atoms with E-state index >= 15 is 0 Å². The monoisotopic (exact) mass is 340 g/mol. The minimum absolute atomic E-state index is 0.389. The summed E-state index contributed by atoms with van der Waals surface area (Å²) in [7, 11) is 0. The summed E-state index contributed by atoms with van der Waals surface area (Å²) < 4.78 is 3.06. The molecular weight excluding hydrogens is 328 g/mol. The van der Waals surface area contributed by atoms with E-state index in [4.69, 9.17) is 11.6 Å². The largest absolute Gasteiger partial charge is 0.330 e. The molecule has 5 heteroatoms. The van der Waals surface area contributed by atoms with Crippen molar-refractivity contribution >= 4 is 44.3 Å². The number of imidazole rings is 1. The van der Waals surface area contributed by atoms with Crippen molar-refractivity contribution in [3.63, 3.8) is 0 Å². The van der Waals surface area contributed by atoms with Crippen LogP contribution in [-0.4, -0.2) is 15.3 Å². The van der Waals surface area contributed by atoms with E-state index in [-0.39, 0.29) is 0 Å². The highest BCUT2D eigenvalue weighted by molar-refractivity contribution is 9.10. The summed E-state index contributed by atoms with van der Waals surface area (Å²) in [6.07, 6.45) is 5.40. The number of carbonyl (C=O) groups is 1. The Kier molecular flexibility index (Phi) is 3.63. The second-order valence-electron chi connectivity index (χ2n) is 5.15. The normalized spacial score (nSPS) is 20.1. The lowest BCUT2D eigenvalue weighted by molar-refractivity contribution is -0.121. The molecule has 100 valence electrons. The molecule has 1 atom stereocenters. The number of fused-ring (bicyclic) bond motifs is 1. The van der Waals surface area contributed by atoms with Gasteiger partial charge >= 0.3 is 0 Å². The van der Waals surface area contributed by atoms with Gasteiger partial charge in [-0.3, -0.25) is 4.79 Å². The third-order valence-electron chi connectivity index (χ3n) is 3.68. The number of hydrogen-bond acceptors (Lipinski definition) is 2. The van der Waals surface area contributed by atoms with Crippen molar-refractivity contribution in [2.45, 2.75) is 32.2 Å². The molecule has 1 aliphatic carbocycles. The Morgan fingerprint density at radius 2 is 2.32 bits per heavy atom. The van der Waals surface area contributed by atoms with E-state index in [2.05, 4.69) is 25.5 Å². The lowest BCUT2D eigenvalue weighted by Gasteiger charge is -2.21. The van der Waals surface area contributed by atoms with E-state index in [1.165, 1.54) is 0 Å². The fourth-order valence-corrected chi connectivity index (χ4v) is 3.62. The first kappa shape index (κ1) is 13.1. The molecule has 2 aromatic rings. The van der Waals surface area contributed by atoms with Gasteiger partial charge < -0.3 is 4.57 Å². The molecule has 1 aromatic carbocycles. The van der Waals surface area contributed by atoms with E-state index in [1.54, 1.807) is 0 Å². The van der Waals surface area contributed by atoms with Crippen LogP contribution < -0.4 is 0 Å². The van der Waals surface area contributed by atoms with Gasteiger partial charge in [0.1, 0.15) is 11.3 Å². The Balaban J connectivity index is 1.90. The van der Waals surface area contributed by atoms with E-state index < -0.39 is 0 Å². The van der Waals surface area contributed by atoms with E-state index in [1.807, 2.05) is 18.5 Å². The molecule has 0 spiro atoms. The van der Waals surface area contributed by atoms with Crippen molar-refractivity contribution in [3.8, 4) is 0 Å². The van der Waals surface area contributed by atoms with Crippen LogP contribution in [0.15, 0.2) is 22.9 Å². The van der Waals surface area contributed by atoms with Gasteiger partial charge in [-0.15, -0.1) is 0 Å². The molecule has 0 saturated heterocycles. The van der Waals surface area contributed by atoms with Gasteiger partial charge in [0.2, 0.25) is 0 Å². The van der Waals surface area contributed by atoms with Crippen LogP contribution >= 0.6 is 27.5 Å². The molecular formula is C14H14BrClN2O. The van der Waals surface area contributed by atoms with Crippen molar-refractivity contribution in [2.24, 2.45) is 5.92 Å². The number of halogens is 2. The zero-order chi connectivity index (χ0) is 13.4. The first-order chi connectivity index (χ1) is 9.13. The molecule has 0 aliphatic heterocycles. The van der Waals surface area contributed by atoms with Gasteiger partial charge in [0.05, 0.1) is 16.9 Å². The first-order valence-electron chi connectivity index (χ1n) is 6.45. The SMILES string of the molecule is O=C1CCCC(Cn2cnc3c(Cl)cc(Br)cc32)C1. The number of nitrogens with zero attached hydrogens (tertiary/aromatic N) is 2. The quantitative estimate of drug-likeness (QED) is 0.820. The molecule has 3 rings (SSSR count). The van der Waals surface area contributed by atoms with Crippen molar-refractivity contribution < 1.29 is 4.79 Å². The fraction of sp³-hybridized carbons (Fsp3) is 0.429. The summed E-state index contributed by atoms with van der Waals surface area (Å²) in [5.74, 6) is 0.816. The van der Waals surface area contributed by atoms with Gasteiger partial charge in [0.25, 0.3) is 0 Å². The second kappa shape index (κ2) is 5.25. The number of hydrogen-bond donors (Lipinski definition) is 0. The number of benzene rings is 1. The van der Waals surface area contributed by atoms with Crippen LogP contribution in [-0.2, 0) is 11.3 Å². The summed E-state index contributed by atoms with van der Waals surface area (Å²) in [4.78, 5) is 15.9. The molecule has 1 aliphatic rings. The van der Waals surface area contributed by atoms with Gasteiger partial charge in [-0.05, 0) is 30.9 Å². The van der Waals surface area contributed by atoms with Gasteiger partial charge in [-0.2, -0.15) is 0 Å². The van der Waals surface area contributed by atoms with Gasteiger partial charge in [-0.1, -0.05) is 27.5 Å². The van der Waals surface area contributed by atoms with E-state index in [0.717, 1.165) is 41.3 Å². The van der Waals surface area contributed by atoms with Gasteiger partial charge in [0.15, 0.2) is 0 Å². The lowest BCUT2D eigenvalue weighted by Crippen LogP contribution is -2.19. The topological polar surface area (TPSA) is 34.9 Å². The summed E-state index contributed by atoms with van der Waals surface area (Å²) in [6.45, 7) is 0.842. The average molecular weight is 342 g/mol. The molecule has 19 heavy (non-hydrogen) atoms. The van der Waals surface area contributed by atoms with Crippen molar-refractivity contribution in [3.05, 3.63) is 28.0 Å². The predicted molar refractivity (Wildman–Crippen MR) is 79.4 cm³/mol.